The molecule has 4 rings (SSSR count). The zero-order valence-corrected chi connectivity index (χ0v) is 16.0. The number of hydrogen-bond acceptors (Lipinski definition) is 7. The normalized spacial score (nSPS) is 21.9. The summed E-state index contributed by atoms with van der Waals surface area (Å²) in [5, 5.41) is 3.20. The molecule has 2 aliphatic heterocycles. The summed E-state index contributed by atoms with van der Waals surface area (Å²) in [5.74, 6) is 3.35. The van der Waals surface area contributed by atoms with E-state index in [4.69, 9.17) is 9.72 Å². The van der Waals surface area contributed by atoms with Crippen molar-refractivity contribution in [2.24, 2.45) is 5.92 Å². The third-order valence-corrected chi connectivity index (χ3v) is 5.44. The minimum Gasteiger partial charge on any atom is -0.381 e. The summed E-state index contributed by atoms with van der Waals surface area (Å²) < 4.78 is 5.50. The van der Waals surface area contributed by atoms with Crippen LogP contribution in [0.5, 0.6) is 0 Å². The van der Waals surface area contributed by atoms with Crippen LogP contribution in [-0.2, 0) is 4.74 Å². The van der Waals surface area contributed by atoms with Gasteiger partial charge in [0.1, 0.15) is 11.6 Å². The molecule has 0 radical (unpaired) electrons. The molecule has 0 unspecified atom stereocenters. The summed E-state index contributed by atoms with van der Waals surface area (Å²) in [6, 6.07) is 3.86. The van der Waals surface area contributed by atoms with E-state index in [2.05, 4.69) is 31.2 Å². The molecule has 2 aliphatic rings. The average molecular weight is 368 g/mol. The molecular weight excluding hydrogens is 340 g/mol. The Labute approximate surface area is 160 Å². The number of likely N-dealkylation sites (tertiary alicyclic amines) is 1. The number of anilines is 2. The van der Waals surface area contributed by atoms with Gasteiger partial charge in [-0.1, -0.05) is 0 Å². The molecule has 0 amide bonds. The fourth-order valence-corrected chi connectivity index (χ4v) is 4.10. The maximum atomic E-state index is 5.50. The van der Waals surface area contributed by atoms with E-state index in [0.717, 1.165) is 43.0 Å². The highest BCUT2D eigenvalue weighted by Gasteiger charge is 2.26. The molecule has 2 fully saturated rings. The molecule has 1 atom stereocenters. The zero-order valence-electron chi connectivity index (χ0n) is 16.0. The van der Waals surface area contributed by atoms with E-state index in [1.54, 1.807) is 18.5 Å². The third-order valence-electron chi connectivity index (χ3n) is 5.44. The van der Waals surface area contributed by atoms with Gasteiger partial charge in [0.05, 0.1) is 5.69 Å². The standard InChI is InChI=1S/C20H28N6O/c1-15-23-18(12-19(24-15)25-20-21-7-3-8-22-20)17-4-2-9-26(14-17)13-16-5-10-27-11-6-16/h3,7-8,12,16-17H,2,4-6,9-11,13-14H2,1H3,(H,21,22,23,24,25)/t17-/m0/s1. The summed E-state index contributed by atoms with van der Waals surface area (Å²) in [6.45, 7) is 7.25. The molecule has 2 aromatic rings. The molecule has 0 saturated carbocycles. The molecule has 0 spiro atoms. The Balaban J connectivity index is 1.43. The largest absolute Gasteiger partial charge is 0.381 e. The van der Waals surface area contributed by atoms with Crippen LogP contribution in [0.3, 0.4) is 0 Å². The van der Waals surface area contributed by atoms with Crippen LogP contribution in [0.4, 0.5) is 11.8 Å². The highest BCUT2D eigenvalue weighted by atomic mass is 16.5. The smallest absolute Gasteiger partial charge is 0.228 e. The van der Waals surface area contributed by atoms with Crippen LogP contribution in [0.15, 0.2) is 24.5 Å². The van der Waals surface area contributed by atoms with Gasteiger partial charge in [-0.15, -0.1) is 0 Å². The lowest BCUT2D eigenvalue weighted by molar-refractivity contribution is 0.0481. The van der Waals surface area contributed by atoms with Crippen molar-refractivity contribution in [2.75, 3.05) is 38.2 Å². The van der Waals surface area contributed by atoms with Gasteiger partial charge in [-0.3, -0.25) is 0 Å². The maximum Gasteiger partial charge on any atom is 0.228 e. The first-order valence-electron chi connectivity index (χ1n) is 9.96. The number of piperidine rings is 1. The monoisotopic (exact) mass is 368 g/mol. The molecule has 0 bridgehead atoms. The molecule has 27 heavy (non-hydrogen) atoms. The Morgan fingerprint density at radius 2 is 1.96 bits per heavy atom. The van der Waals surface area contributed by atoms with Gasteiger partial charge in [0.15, 0.2) is 0 Å². The first kappa shape index (κ1) is 18.3. The minimum atomic E-state index is 0.456. The molecule has 2 saturated heterocycles. The van der Waals surface area contributed by atoms with Gasteiger partial charge in [-0.25, -0.2) is 19.9 Å². The van der Waals surface area contributed by atoms with Crippen LogP contribution in [0.1, 0.15) is 43.1 Å². The number of nitrogens with zero attached hydrogens (tertiary/aromatic N) is 5. The summed E-state index contributed by atoms with van der Waals surface area (Å²) in [5.41, 5.74) is 1.12. The van der Waals surface area contributed by atoms with Crippen molar-refractivity contribution in [3.05, 3.63) is 36.0 Å². The number of hydrogen-bond donors (Lipinski definition) is 1. The van der Waals surface area contributed by atoms with Crippen molar-refractivity contribution in [2.45, 2.75) is 38.5 Å². The Morgan fingerprint density at radius 1 is 1.15 bits per heavy atom. The lowest BCUT2D eigenvalue weighted by atomic mass is 9.92. The van der Waals surface area contributed by atoms with Gasteiger partial charge >= 0.3 is 0 Å². The number of nitrogens with one attached hydrogen (secondary N) is 1. The molecule has 144 valence electrons. The van der Waals surface area contributed by atoms with Crippen molar-refractivity contribution >= 4 is 11.8 Å². The molecule has 1 N–H and O–H groups in total. The van der Waals surface area contributed by atoms with Crippen LogP contribution in [0.2, 0.25) is 0 Å². The van der Waals surface area contributed by atoms with Crippen LogP contribution >= 0.6 is 0 Å². The van der Waals surface area contributed by atoms with Crippen molar-refractivity contribution in [3.8, 4) is 0 Å². The fourth-order valence-electron chi connectivity index (χ4n) is 4.10. The van der Waals surface area contributed by atoms with Gasteiger partial charge in [0, 0.05) is 50.7 Å². The average Bonchev–Trinajstić information content (AvgIpc) is 2.69. The Hall–Kier alpha value is -2.12. The Kier molecular flexibility index (Phi) is 5.89. The topological polar surface area (TPSA) is 76.1 Å². The van der Waals surface area contributed by atoms with Crippen molar-refractivity contribution in [1.29, 1.82) is 0 Å². The molecule has 4 heterocycles. The first-order chi connectivity index (χ1) is 13.3. The lowest BCUT2D eigenvalue weighted by Gasteiger charge is -2.36. The van der Waals surface area contributed by atoms with Gasteiger partial charge in [-0.2, -0.15) is 0 Å². The summed E-state index contributed by atoms with van der Waals surface area (Å²) >= 11 is 0. The SMILES string of the molecule is Cc1nc(Nc2ncccn2)cc([C@H]2CCCN(CC3CCOCC3)C2)n1. The second-order valence-corrected chi connectivity index (χ2v) is 7.58. The van der Waals surface area contributed by atoms with Crippen molar-refractivity contribution < 1.29 is 4.74 Å². The maximum absolute atomic E-state index is 5.50. The molecule has 7 heteroatoms. The highest BCUT2D eigenvalue weighted by Crippen LogP contribution is 2.29. The third kappa shape index (κ3) is 4.99. The highest BCUT2D eigenvalue weighted by molar-refractivity contribution is 5.48. The second kappa shape index (κ2) is 8.71. The second-order valence-electron chi connectivity index (χ2n) is 7.58. The number of aromatic nitrogens is 4. The number of ether oxygens (including phenoxy) is 1. The summed E-state index contributed by atoms with van der Waals surface area (Å²) in [7, 11) is 0. The van der Waals surface area contributed by atoms with E-state index >= 15 is 0 Å². The predicted molar refractivity (Wildman–Crippen MR) is 104 cm³/mol. The van der Waals surface area contributed by atoms with E-state index < -0.39 is 0 Å². The van der Waals surface area contributed by atoms with Crippen molar-refractivity contribution in [3.63, 3.8) is 0 Å². The molecule has 0 aliphatic carbocycles. The molecular formula is C20H28N6O. The first-order valence-corrected chi connectivity index (χ1v) is 9.96. The number of rotatable bonds is 5. The van der Waals surface area contributed by atoms with Crippen LogP contribution in [0.25, 0.3) is 0 Å². The van der Waals surface area contributed by atoms with E-state index in [1.165, 1.54) is 38.8 Å². The van der Waals surface area contributed by atoms with Gasteiger partial charge in [-0.05, 0) is 51.1 Å². The fraction of sp³-hybridized carbons (Fsp3) is 0.600. The van der Waals surface area contributed by atoms with E-state index in [1.807, 2.05) is 6.92 Å². The lowest BCUT2D eigenvalue weighted by Crippen LogP contribution is -2.39. The van der Waals surface area contributed by atoms with Gasteiger partial charge < -0.3 is 15.0 Å². The van der Waals surface area contributed by atoms with E-state index in [-0.39, 0.29) is 0 Å². The van der Waals surface area contributed by atoms with Crippen LogP contribution in [-0.4, -0.2) is 57.7 Å². The minimum absolute atomic E-state index is 0.456. The Bertz CT molecular complexity index is 735. The van der Waals surface area contributed by atoms with Gasteiger partial charge in [0.25, 0.3) is 0 Å². The van der Waals surface area contributed by atoms with Crippen LogP contribution < -0.4 is 5.32 Å². The zero-order chi connectivity index (χ0) is 18.5. The van der Waals surface area contributed by atoms with Crippen molar-refractivity contribution in [1.82, 2.24) is 24.8 Å². The quantitative estimate of drug-likeness (QED) is 0.869. The van der Waals surface area contributed by atoms with E-state index in [0.29, 0.717) is 11.9 Å². The van der Waals surface area contributed by atoms with E-state index in [9.17, 15) is 0 Å². The summed E-state index contributed by atoms with van der Waals surface area (Å²) in [4.78, 5) is 20.3. The van der Waals surface area contributed by atoms with Crippen LogP contribution in [0, 0.1) is 12.8 Å². The molecule has 2 aromatic heterocycles. The van der Waals surface area contributed by atoms with Gasteiger partial charge in [0.2, 0.25) is 5.95 Å². The number of aryl methyl sites for hydroxylation is 1. The summed E-state index contributed by atoms with van der Waals surface area (Å²) in [6.07, 6.45) is 8.24. The predicted octanol–water partition coefficient (Wildman–Crippen LogP) is 2.92. The Morgan fingerprint density at radius 3 is 2.78 bits per heavy atom. The molecule has 7 nitrogen and oxygen atoms in total. The molecule has 0 aromatic carbocycles.